The zero-order chi connectivity index (χ0) is 13.1. The smallest absolute Gasteiger partial charge is 0.335 e. The first-order valence-corrected chi connectivity index (χ1v) is 6.19. The average molecular weight is 247 g/mol. The minimum atomic E-state index is -0.943. The van der Waals surface area contributed by atoms with Gasteiger partial charge in [-0.25, -0.2) is 4.79 Å². The van der Waals surface area contributed by atoms with Crippen LogP contribution in [0.25, 0.3) is 0 Å². The average Bonchev–Trinajstić information content (AvgIpc) is 2.76. The quantitative estimate of drug-likeness (QED) is 0.888. The van der Waals surface area contributed by atoms with E-state index in [-0.39, 0.29) is 11.5 Å². The molecule has 1 saturated heterocycles. The number of carboxylic acids is 1. The van der Waals surface area contributed by atoms with Gasteiger partial charge in [0, 0.05) is 12.6 Å². The monoisotopic (exact) mass is 247 g/mol. The van der Waals surface area contributed by atoms with Crippen molar-refractivity contribution in [3.8, 4) is 0 Å². The molecular formula is C14H17NO3. The first-order valence-electron chi connectivity index (χ1n) is 6.19. The molecule has 1 unspecified atom stereocenters. The van der Waals surface area contributed by atoms with Crippen molar-refractivity contribution < 1.29 is 14.7 Å². The molecule has 1 heterocycles. The minimum absolute atomic E-state index is 0.128. The largest absolute Gasteiger partial charge is 0.478 e. The second kappa shape index (κ2) is 5.21. The Labute approximate surface area is 106 Å². The lowest BCUT2D eigenvalue weighted by Crippen LogP contribution is -2.34. The SMILES string of the molecule is CC1CCCN1C(=O)Cc1ccc(C(=O)O)cc1. The summed E-state index contributed by atoms with van der Waals surface area (Å²) in [5.74, 6) is -0.816. The number of hydrogen-bond acceptors (Lipinski definition) is 2. The lowest BCUT2D eigenvalue weighted by Gasteiger charge is -2.21. The predicted molar refractivity (Wildman–Crippen MR) is 67.5 cm³/mol. The van der Waals surface area contributed by atoms with Gasteiger partial charge in [-0.3, -0.25) is 4.79 Å². The Bertz CT molecular complexity index is 453. The third kappa shape index (κ3) is 2.70. The first-order chi connectivity index (χ1) is 8.58. The molecule has 1 fully saturated rings. The molecule has 0 bridgehead atoms. The molecule has 4 heteroatoms. The van der Waals surface area contributed by atoms with Crippen molar-refractivity contribution in [2.24, 2.45) is 0 Å². The number of carbonyl (C=O) groups excluding carboxylic acids is 1. The summed E-state index contributed by atoms with van der Waals surface area (Å²) in [6.07, 6.45) is 2.50. The highest BCUT2D eigenvalue weighted by atomic mass is 16.4. The molecule has 4 nitrogen and oxygen atoms in total. The van der Waals surface area contributed by atoms with E-state index in [9.17, 15) is 9.59 Å². The van der Waals surface area contributed by atoms with E-state index in [1.54, 1.807) is 24.3 Å². The van der Waals surface area contributed by atoms with E-state index < -0.39 is 5.97 Å². The van der Waals surface area contributed by atoms with E-state index in [4.69, 9.17) is 5.11 Å². The summed E-state index contributed by atoms with van der Waals surface area (Å²) in [5.41, 5.74) is 1.12. The van der Waals surface area contributed by atoms with Crippen LogP contribution in [0.4, 0.5) is 0 Å². The van der Waals surface area contributed by atoms with Gasteiger partial charge in [-0.2, -0.15) is 0 Å². The second-order valence-electron chi connectivity index (χ2n) is 4.76. The van der Waals surface area contributed by atoms with E-state index in [1.165, 1.54) is 0 Å². The molecule has 0 aliphatic carbocycles. The van der Waals surface area contributed by atoms with Gasteiger partial charge in [-0.1, -0.05) is 12.1 Å². The van der Waals surface area contributed by atoms with Crippen LogP contribution in [-0.2, 0) is 11.2 Å². The highest BCUT2D eigenvalue weighted by Crippen LogP contribution is 2.18. The Morgan fingerprint density at radius 2 is 2.00 bits per heavy atom. The van der Waals surface area contributed by atoms with Crippen molar-refractivity contribution >= 4 is 11.9 Å². The van der Waals surface area contributed by atoms with Gasteiger partial charge in [-0.05, 0) is 37.5 Å². The van der Waals surface area contributed by atoms with Gasteiger partial charge >= 0.3 is 5.97 Å². The molecule has 0 saturated carbocycles. The number of rotatable bonds is 3. The van der Waals surface area contributed by atoms with Crippen LogP contribution in [0.3, 0.4) is 0 Å². The number of carboxylic acid groups (broad SMARTS) is 1. The summed E-state index contributed by atoms with van der Waals surface area (Å²) in [6.45, 7) is 2.91. The summed E-state index contributed by atoms with van der Waals surface area (Å²) in [4.78, 5) is 24.7. The van der Waals surface area contributed by atoms with Crippen LogP contribution in [0.1, 0.15) is 35.7 Å². The van der Waals surface area contributed by atoms with Crippen molar-refractivity contribution in [3.05, 3.63) is 35.4 Å². The number of hydrogen-bond donors (Lipinski definition) is 1. The van der Waals surface area contributed by atoms with Crippen LogP contribution in [0.5, 0.6) is 0 Å². The molecule has 0 spiro atoms. The van der Waals surface area contributed by atoms with E-state index in [1.807, 2.05) is 4.90 Å². The molecule has 1 aliphatic rings. The van der Waals surface area contributed by atoms with Gasteiger partial charge in [0.25, 0.3) is 0 Å². The first kappa shape index (κ1) is 12.6. The van der Waals surface area contributed by atoms with Crippen molar-refractivity contribution in [2.75, 3.05) is 6.54 Å². The summed E-state index contributed by atoms with van der Waals surface area (Å²) in [5, 5.41) is 8.79. The van der Waals surface area contributed by atoms with E-state index in [2.05, 4.69) is 6.92 Å². The molecule has 96 valence electrons. The number of likely N-dealkylation sites (tertiary alicyclic amines) is 1. The van der Waals surface area contributed by atoms with Gasteiger partial charge in [0.2, 0.25) is 5.91 Å². The zero-order valence-corrected chi connectivity index (χ0v) is 10.4. The van der Waals surface area contributed by atoms with Crippen LogP contribution in [-0.4, -0.2) is 34.5 Å². The predicted octanol–water partition coefficient (Wildman–Crippen LogP) is 1.94. The summed E-state index contributed by atoms with van der Waals surface area (Å²) >= 11 is 0. The normalized spacial score (nSPS) is 18.9. The van der Waals surface area contributed by atoms with E-state index in [0.29, 0.717) is 12.5 Å². The Balaban J connectivity index is 2.00. The molecule has 1 N–H and O–H groups in total. The summed E-state index contributed by atoms with van der Waals surface area (Å²) in [7, 11) is 0. The molecule has 0 radical (unpaired) electrons. The summed E-state index contributed by atoms with van der Waals surface area (Å²) < 4.78 is 0. The maximum atomic E-state index is 12.1. The number of benzene rings is 1. The van der Waals surface area contributed by atoms with Crippen LogP contribution < -0.4 is 0 Å². The van der Waals surface area contributed by atoms with Crippen molar-refractivity contribution in [1.82, 2.24) is 4.90 Å². The van der Waals surface area contributed by atoms with Crippen LogP contribution >= 0.6 is 0 Å². The number of nitrogens with zero attached hydrogens (tertiary/aromatic N) is 1. The van der Waals surface area contributed by atoms with Gasteiger partial charge in [-0.15, -0.1) is 0 Å². The lowest BCUT2D eigenvalue weighted by atomic mass is 10.1. The second-order valence-corrected chi connectivity index (χ2v) is 4.76. The fourth-order valence-corrected chi connectivity index (χ4v) is 2.35. The third-order valence-electron chi connectivity index (χ3n) is 3.43. The highest BCUT2D eigenvalue weighted by Gasteiger charge is 2.24. The maximum Gasteiger partial charge on any atom is 0.335 e. The van der Waals surface area contributed by atoms with E-state index >= 15 is 0 Å². The highest BCUT2D eigenvalue weighted by molar-refractivity contribution is 5.87. The molecule has 0 aromatic heterocycles. The molecule has 1 aromatic rings. The van der Waals surface area contributed by atoms with Crippen molar-refractivity contribution in [2.45, 2.75) is 32.2 Å². The van der Waals surface area contributed by atoms with Crippen LogP contribution in [0.15, 0.2) is 24.3 Å². The molecule has 1 atom stereocenters. The summed E-state index contributed by atoms with van der Waals surface area (Å²) in [6, 6.07) is 6.83. The standard InChI is InChI=1S/C14H17NO3/c1-10-3-2-8-15(10)13(16)9-11-4-6-12(7-5-11)14(17)18/h4-7,10H,2-3,8-9H2,1H3,(H,17,18). The maximum absolute atomic E-state index is 12.1. The number of aromatic carboxylic acids is 1. The molecule has 1 aromatic carbocycles. The molecule has 2 rings (SSSR count). The molecule has 18 heavy (non-hydrogen) atoms. The molecular weight excluding hydrogens is 230 g/mol. The zero-order valence-electron chi connectivity index (χ0n) is 10.4. The van der Waals surface area contributed by atoms with Crippen LogP contribution in [0, 0.1) is 0 Å². The van der Waals surface area contributed by atoms with Gasteiger partial charge in [0.1, 0.15) is 0 Å². The van der Waals surface area contributed by atoms with Crippen molar-refractivity contribution in [3.63, 3.8) is 0 Å². The van der Waals surface area contributed by atoms with Gasteiger partial charge in [0.05, 0.1) is 12.0 Å². The molecule has 1 amide bonds. The fourth-order valence-electron chi connectivity index (χ4n) is 2.35. The number of carbonyl (C=O) groups is 2. The molecule has 1 aliphatic heterocycles. The minimum Gasteiger partial charge on any atom is -0.478 e. The Morgan fingerprint density at radius 1 is 1.33 bits per heavy atom. The van der Waals surface area contributed by atoms with E-state index in [0.717, 1.165) is 24.9 Å². The lowest BCUT2D eigenvalue weighted by molar-refractivity contribution is -0.130. The third-order valence-corrected chi connectivity index (χ3v) is 3.43. The van der Waals surface area contributed by atoms with Crippen molar-refractivity contribution in [1.29, 1.82) is 0 Å². The Kier molecular flexibility index (Phi) is 3.65. The topological polar surface area (TPSA) is 57.6 Å². The Hall–Kier alpha value is -1.84. The number of amides is 1. The van der Waals surface area contributed by atoms with Crippen LogP contribution in [0.2, 0.25) is 0 Å². The Morgan fingerprint density at radius 3 is 2.50 bits per heavy atom. The van der Waals surface area contributed by atoms with Gasteiger partial charge < -0.3 is 10.0 Å². The fraction of sp³-hybridized carbons (Fsp3) is 0.429. The van der Waals surface area contributed by atoms with Gasteiger partial charge in [0.15, 0.2) is 0 Å².